The van der Waals surface area contributed by atoms with Crippen molar-refractivity contribution >= 4 is 21.6 Å². The van der Waals surface area contributed by atoms with Gasteiger partial charge in [-0.2, -0.15) is 0 Å². The maximum Gasteiger partial charge on any atom is 0.244 e. The number of rotatable bonds is 7. The van der Waals surface area contributed by atoms with Crippen LogP contribution in [0.15, 0.2) is 41.3 Å². The van der Waals surface area contributed by atoms with Gasteiger partial charge in [-0.1, -0.05) is 17.7 Å². The molecule has 25 heavy (non-hydrogen) atoms. The Morgan fingerprint density at radius 3 is 2.48 bits per heavy atom. The van der Waals surface area contributed by atoms with E-state index < -0.39 is 16.1 Å². The molecule has 0 aliphatic heterocycles. The number of hydrogen-bond donors (Lipinski definition) is 1. The SMILES string of the molecule is COc1ccc(Cl)cc1S(=O)(=O)NC(C)COc1ccc(C)c(C)c1. The predicted molar refractivity (Wildman–Crippen MR) is 99.2 cm³/mol. The number of benzene rings is 2. The zero-order valence-corrected chi connectivity index (χ0v) is 16.2. The molecule has 2 rings (SSSR count). The Bertz CT molecular complexity index is 852. The largest absolute Gasteiger partial charge is 0.495 e. The van der Waals surface area contributed by atoms with Crippen LogP contribution in [-0.4, -0.2) is 28.2 Å². The van der Waals surface area contributed by atoms with Gasteiger partial charge in [0.25, 0.3) is 0 Å². The van der Waals surface area contributed by atoms with Gasteiger partial charge in [0.2, 0.25) is 10.0 Å². The van der Waals surface area contributed by atoms with Crippen molar-refractivity contribution in [3.63, 3.8) is 0 Å². The molecular formula is C18H22ClNO4S. The smallest absolute Gasteiger partial charge is 0.244 e. The number of nitrogens with one attached hydrogen (secondary N) is 1. The molecule has 5 nitrogen and oxygen atoms in total. The van der Waals surface area contributed by atoms with E-state index in [1.54, 1.807) is 13.0 Å². The highest BCUT2D eigenvalue weighted by molar-refractivity contribution is 7.89. The molecule has 0 aliphatic rings. The van der Waals surface area contributed by atoms with Crippen LogP contribution in [0.25, 0.3) is 0 Å². The van der Waals surface area contributed by atoms with Crippen molar-refractivity contribution in [2.45, 2.75) is 31.7 Å². The van der Waals surface area contributed by atoms with Crippen LogP contribution in [0, 0.1) is 13.8 Å². The lowest BCUT2D eigenvalue weighted by molar-refractivity contribution is 0.287. The molecule has 0 saturated heterocycles. The number of halogens is 1. The minimum absolute atomic E-state index is 0.000491. The van der Waals surface area contributed by atoms with E-state index in [1.165, 1.54) is 24.8 Å². The summed E-state index contributed by atoms with van der Waals surface area (Å²) < 4.78 is 38.5. The van der Waals surface area contributed by atoms with E-state index in [4.69, 9.17) is 21.1 Å². The van der Waals surface area contributed by atoms with Crippen molar-refractivity contribution in [2.75, 3.05) is 13.7 Å². The average molecular weight is 384 g/mol. The topological polar surface area (TPSA) is 64.6 Å². The highest BCUT2D eigenvalue weighted by Crippen LogP contribution is 2.27. The third kappa shape index (κ3) is 5.11. The monoisotopic (exact) mass is 383 g/mol. The van der Waals surface area contributed by atoms with Gasteiger partial charge in [0.15, 0.2) is 0 Å². The maximum atomic E-state index is 12.6. The second-order valence-corrected chi connectivity index (χ2v) is 7.99. The van der Waals surface area contributed by atoms with Gasteiger partial charge in [-0.15, -0.1) is 0 Å². The minimum Gasteiger partial charge on any atom is -0.495 e. The molecule has 1 unspecified atom stereocenters. The zero-order chi connectivity index (χ0) is 18.6. The summed E-state index contributed by atoms with van der Waals surface area (Å²) >= 11 is 5.91. The molecule has 1 atom stereocenters. The summed E-state index contributed by atoms with van der Waals surface area (Å²) in [5.41, 5.74) is 2.29. The van der Waals surface area contributed by atoms with Crippen LogP contribution in [0.3, 0.4) is 0 Å². The Hall–Kier alpha value is -1.76. The van der Waals surface area contributed by atoms with E-state index in [1.807, 2.05) is 32.0 Å². The Kier molecular flexibility index (Phi) is 6.32. The van der Waals surface area contributed by atoms with Crippen molar-refractivity contribution < 1.29 is 17.9 Å². The molecule has 0 heterocycles. The van der Waals surface area contributed by atoms with Crippen LogP contribution >= 0.6 is 11.6 Å². The minimum atomic E-state index is -3.78. The Morgan fingerprint density at radius 1 is 1.12 bits per heavy atom. The van der Waals surface area contributed by atoms with Gasteiger partial charge >= 0.3 is 0 Å². The lowest BCUT2D eigenvalue weighted by atomic mass is 10.1. The molecule has 0 saturated carbocycles. The van der Waals surface area contributed by atoms with E-state index in [2.05, 4.69) is 4.72 Å². The molecule has 0 radical (unpaired) electrons. The molecule has 2 aromatic carbocycles. The maximum absolute atomic E-state index is 12.6. The predicted octanol–water partition coefficient (Wildman–Crippen LogP) is 3.71. The third-order valence-corrected chi connectivity index (χ3v) is 5.60. The second-order valence-electron chi connectivity index (χ2n) is 5.87. The van der Waals surface area contributed by atoms with E-state index >= 15 is 0 Å². The van der Waals surface area contributed by atoms with Crippen LogP contribution in [0.2, 0.25) is 5.02 Å². The lowest BCUT2D eigenvalue weighted by Gasteiger charge is -2.17. The van der Waals surface area contributed by atoms with Crippen LogP contribution in [0.1, 0.15) is 18.1 Å². The molecule has 7 heteroatoms. The first kappa shape index (κ1) is 19.6. The van der Waals surface area contributed by atoms with Gasteiger partial charge in [-0.3, -0.25) is 0 Å². The molecule has 0 spiro atoms. The van der Waals surface area contributed by atoms with Gasteiger partial charge in [0.1, 0.15) is 23.0 Å². The van der Waals surface area contributed by atoms with Crippen LogP contribution in [0.5, 0.6) is 11.5 Å². The summed E-state index contributed by atoms with van der Waals surface area (Å²) in [5, 5.41) is 0.320. The van der Waals surface area contributed by atoms with Crippen LogP contribution in [-0.2, 0) is 10.0 Å². The Morgan fingerprint density at radius 2 is 1.84 bits per heavy atom. The summed E-state index contributed by atoms with van der Waals surface area (Å²) in [6, 6.07) is 9.78. The Balaban J connectivity index is 2.07. The average Bonchev–Trinajstić information content (AvgIpc) is 2.55. The Labute approximate surface area is 154 Å². The summed E-state index contributed by atoms with van der Waals surface area (Å²) in [6.45, 7) is 5.95. The first-order chi connectivity index (χ1) is 11.7. The van der Waals surface area contributed by atoms with Gasteiger partial charge in [-0.25, -0.2) is 13.1 Å². The summed E-state index contributed by atoms with van der Waals surface area (Å²) in [7, 11) is -2.37. The molecule has 136 valence electrons. The fourth-order valence-electron chi connectivity index (χ4n) is 2.25. The standard InChI is InChI=1S/C18H22ClNO4S/c1-12-5-7-16(9-13(12)2)24-11-14(3)20-25(21,22)18-10-15(19)6-8-17(18)23-4/h5-10,14,20H,11H2,1-4H3. The molecule has 2 aromatic rings. The highest BCUT2D eigenvalue weighted by Gasteiger charge is 2.22. The van der Waals surface area contributed by atoms with E-state index in [-0.39, 0.29) is 17.3 Å². The fraction of sp³-hybridized carbons (Fsp3) is 0.333. The first-order valence-electron chi connectivity index (χ1n) is 7.79. The lowest BCUT2D eigenvalue weighted by Crippen LogP contribution is -2.36. The number of aryl methyl sites for hydroxylation is 2. The van der Waals surface area contributed by atoms with E-state index in [0.717, 1.165) is 5.56 Å². The van der Waals surface area contributed by atoms with Gasteiger partial charge in [-0.05, 0) is 62.2 Å². The van der Waals surface area contributed by atoms with Gasteiger partial charge in [0.05, 0.1) is 13.2 Å². The molecule has 0 bridgehead atoms. The molecular weight excluding hydrogens is 362 g/mol. The van der Waals surface area contributed by atoms with Gasteiger partial charge in [0, 0.05) is 5.02 Å². The second kappa shape index (κ2) is 8.08. The normalized spacial score (nSPS) is 12.7. The molecule has 0 fully saturated rings. The molecule has 0 aromatic heterocycles. The molecule has 0 amide bonds. The zero-order valence-electron chi connectivity index (χ0n) is 14.7. The number of ether oxygens (including phenoxy) is 2. The molecule has 0 aliphatic carbocycles. The van der Waals surface area contributed by atoms with E-state index in [9.17, 15) is 8.42 Å². The molecule has 1 N–H and O–H groups in total. The van der Waals surface area contributed by atoms with Gasteiger partial charge < -0.3 is 9.47 Å². The number of methoxy groups -OCH3 is 1. The van der Waals surface area contributed by atoms with Crippen LogP contribution in [0.4, 0.5) is 0 Å². The first-order valence-corrected chi connectivity index (χ1v) is 9.65. The van der Waals surface area contributed by atoms with Crippen molar-refractivity contribution in [1.82, 2.24) is 4.72 Å². The summed E-state index contributed by atoms with van der Waals surface area (Å²) in [6.07, 6.45) is 0. The highest BCUT2D eigenvalue weighted by atomic mass is 35.5. The van der Waals surface area contributed by atoms with E-state index in [0.29, 0.717) is 10.8 Å². The number of sulfonamides is 1. The van der Waals surface area contributed by atoms with Crippen molar-refractivity contribution in [3.8, 4) is 11.5 Å². The third-order valence-electron chi connectivity index (χ3n) is 3.75. The van der Waals surface area contributed by atoms with Crippen molar-refractivity contribution in [3.05, 3.63) is 52.5 Å². The van der Waals surface area contributed by atoms with Crippen molar-refractivity contribution in [1.29, 1.82) is 0 Å². The summed E-state index contributed by atoms with van der Waals surface area (Å²) in [5.74, 6) is 0.939. The van der Waals surface area contributed by atoms with Crippen molar-refractivity contribution in [2.24, 2.45) is 0 Å². The number of hydrogen-bond acceptors (Lipinski definition) is 4. The fourth-order valence-corrected chi connectivity index (χ4v) is 3.91. The quantitative estimate of drug-likeness (QED) is 0.791. The van der Waals surface area contributed by atoms with Crippen LogP contribution < -0.4 is 14.2 Å². The summed E-state index contributed by atoms with van der Waals surface area (Å²) in [4.78, 5) is 0.000491.